The molecule has 1 saturated heterocycles. The summed E-state index contributed by atoms with van der Waals surface area (Å²) in [6, 6.07) is 7.99. The van der Waals surface area contributed by atoms with Gasteiger partial charge in [-0.1, -0.05) is 0 Å². The van der Waals surface area contributed by atoms with E-state index in [4.69, 9.17) is 10.5 Å². The first-order valence-corrected chi connectivity index (χ1v) is 8.74. The van der Waals surface area contributed by atoms with Gasteiger partial charge in [-0.25, -0.2) is 4.98 Å². The zero-order valence-electron chi connectivity index (χ0n) is 13.2. The lowest BCUT2D eigenvalue weighted by molar-refractivity contribution is -0.129. The number of rotatable bonds is 5. The predicted molar refractivity (Wildman–Crippen MR) is 91.6 cm³/mol. The van der Waals surface area contributed by atoms with Gasteiger partial charge in [0.15, 0.2) is 0 Å². The zero-order chi connectivity index (χ0) is 16.2. The molecule has 0 bridgehead atoms. The van der Waals surface area contributed by atoms with Crippen molar-refractivity contribution in [3.8, 4) is 16.3 Å². The molecule has 1 atom stereocenters. The number of hydrogen-bond donors (Lipinski definition) is 1. The van der Waals surface area contributed by atoms with Crippen molar-refractivity contribution in [1.82, 2.24) is 9.88 Å². The van der Waals surface area contributed by atoms with E-state index >= 15 is 0 Å². The summed E-state index contributed by atoms with van der Waals surface area (Å²) in [5.41, 5.74) is 7.72. The van der Waals surface area contributed by atoms with Crippen molar-refractivity contribution in [3.63, 3.8) is 0 Å². The topological polar surface area (TPSA) is 68.5 Å². The summed E-state index contributed by atoms with van der Waals surface area (Å²) < 4.78 is 5.44. The normalized spacial score (nSPS) is 17.5. The van der Waals surface area contributed by atoms with E-state index < -0.39 is 0 Å². The van der Waals surface area contributed by atoms with E-state index in [0.29, 0.717) is 19.6 Å². The Morgan fingerprint density at radius 2 is 2.22 bits per heavy atom. The Morgan fingerprint density at radius 3 is 2.87 bits per heavy atom. The quantitative estimate of drug-likeness (QED) is 0.913. The van der Waals surface area contributed by atoms with Gasteiger partial charge in [0.25, 0.3) is 0 Å². The van der Waals surface area contributed by atoms with Crippen LogP contribution in [0.2, 0.25) is 0 Å². The van der Waals surface area contributed by atoms with Crippen LogP contribution < -0.4 is 10.5 Å². The van der Waals surface area contributed by atoms with E-state index in [1.54, 1.807) is 11.3 Å². The Morgan fingerprint density at radius 1 is 1.43 bits per heavy atom. The lowest BCUT2D eigenvalue weighted by Crippen LogP contribution is -2.32. The van der Waals surface area contributed by atoms with Gasteiger partial charge in [-0.05, 0) is 37.6 Å². The summed E-state index contributed by atoms with van der Waals surface area (Å²) in [6.07, 6.45) is 1.24. The van der Waals surface area contributed by atoms with Crippen LogP contribution in [0.3, 0.4) is 0 Å². The Bertz CT molecular complexity index is 669. The Hall–Kier alpha value is -1.92. The zero-order valence-corrected chi connectivity index (χ0v) is 14.0. The summed E-state index contributed by atoms with van der Waals surface area (Å²) >= 11 is 1.56. The third-order valence-corrected chi connectivity index (χ3v) is 4.81. The third-order valence-electron chi connectivity index (χ3n) is 3.87. The third kappa shape index (κ3) is 3.89. The van der Waals surface area contributed by atoms with Crippen molar-refractivity contribution in [2.75, 3.05) is 19.7 Å². The van der Waals surface area contributed by atoms with E-state index in [0.717, 1.165) is 35.0 Å². The molecule has 1 aliphatic rings. The summed E-state index contributed by atoms with van der Waals surface area (Å²) in [5.74, 6) is 0.968. The molecular weight excluding hydrogens is 310 g/mol. The second kappa shape index (κ2) is 7.10. The van der Waals surface area contributed by atoms with Crippen LogP contribution in [0.4, 0.5) is 0 Å². The fourth-order valence-corrected chi connectivity index (χ4v) is 3.49. The summed E-state index contributed by atoms with van der Waals surface area (Å²) in [6.45, 7) is 4.04. The van der Waals surface area contributed by atoms with Crippen molar-refractivity contribution < 1.29 is 9.53 Å². The highest BCUT2D eigenvalue weighted by Gasteiger charge is 2.24. The van der Waals surface area contributed by atoms with Gasteiger partial charge in [-0.2, -0.15) is 0 Å². The molecule has 0 unspecified atom stereocenters. The molecule has 0 spiro atoms. The molecule has 1 aliphatic heterocycles. The van der Waals surface area contributed by atoms with Gasteiger partial charge in [0, 0.05) is 30.1 Å². The average molecular weight is 331 g/mol. The van der Waals surface area contributed by atoms with Gasteiger partial charge < -0.3 is 15.4 Å². The van der Waals surface area contributed by atoms with Crippen LogP contribution in [-0.2, 0) is 11.2 Å². The van der Waals surface area contributed by atoms with E-state index in [1.807, 2.05) is 41.5 Å². The molecule has 6 heteroatoms. The summed E-state index contributed by atoms with van der Waals surface area (Å²) in [5, 5.41) is 2.88. The molecule has 23 heavy (non-hydrogen) atoms. The molecule has 0 aliphatic carbocycles. The minimum Gasteiger partial charge on any atom is -0.494 e. The highest BCUT2D eigenvalue weighted by atomic mass is 32.1. The van der Waals surface area contributed by atoms with Crippen molar-refractivity contribution in [1.29, 1.82) is 0 Å². The van der Waals surface area contributed by atoms with Crippen molar-refractivity contribution in [2.45, 2.75) is 25.8 Å². The Balaban J connectivity index is 1.64. The smallest absolute Gasteiger partial charge is 0.228 e. The number of thiazole rings is 1. The summed E-state index contributed by atoms with van der Waals surface area (Å²) in [7, 11) is 0. The molecule has 0 saturated carbocycles. The van der Waals surface area contributed by atoms with E-state index in [1.165, 1.54) is 0 Å². The van der Waals surface area contributed by atoms with Crippen molar-refractivity contribution in [3.05, 3.63) is 35.3 Å². The van der Waals surface area contributed by atoms with Crippen LogP contribution in [0.25, 0.3) is 10.6 Å². The minimum atomic E-state index is 0.112. The highest BCUT2D eigenvalue weighted by Crippen LogP contribution is 2.26. The van der Waals surface area contributed by atoms with E-state index in [2.05, 4.69) is 4.98 Å². The molecule has 2 heterocycles. The number of benzene rings is 1. The van der Waals surface area contributed by atoms with Gasteiger partial charge >= 0.3 is 0 Å². The van der Waals surface area contributed by atoms with Crippen LogP contribution >= 0.6 is 11.3 Å². The molecule has 5 nitrogen and oxygen atoms in total. The fourth-order valence-electron chi connectivity index (χ4n) is 2.66. The number of likely N-dealkylation sites (tertiary alicyclic amines) is 1. The van der Waals surface area contributed by atoms with Gasteiger partial charge in [0.05, 0.1) is 18.7 Å². The largest absolute Gasteiger partial charge is 0.494 e. The highest BCUT2D eigenvalue weighted by molar-refractivity contribution is 7.13. The molecule has 1 aromatic heterocycles. The van der Waals surface area contributed by atoms with E-state index in [9.17, 15) is 4.79 Å². The number of carbonyl (C=O) groups is 1. The Kier molecular flexibility index (Phi) is 4.93. The maximum Gasteiger partial charge on any atom is 0.228 e. The lowest BCUT2D eigenvalue weighted by Gasteiger charge is -2.14. The molecule has 3 rings (SSSR count). The van der Waals surface area contributed by atoms with Crippen LogP contribution in [-0.4, -0.2) is 41.5 Å². The number of hydrogen-bond acceptors (Lipinski definition) is 5. The maximum absolute atomic E-state index is 12.2. The second-order valence-electron chi connectivity index (χ2n) is 5.67. The van der Waals surface area contributed by atoms with Gasteiger partial charge in [-0.3, -0.25) is 4.79 Å². The van der Waals surface area contributed by atoms with E-state index in [-0.39, 0.29) is 11.9 Å². The molecule has 122 valence electrons. The van der Waals surface area contributed by atoms with Crippen molar-refractivity contribution >= 4 is 17.2 Å². The number of amides is 1. The molecule has 1 fully saturated rings. The van der Waals surface area contributed by atoms with Crippen LogP contribution in [0.1, 0.15) is 19.0 Å². The molecule has 2 aromatic rings. The minimum absolute atomic E-state index is 0.112. The summed E-state index contributed by atoms with van der Waals surface area (Å²) in [4.78, 5) is 18.7. The van der Waals surface area contributed by atoms with Crippen LogP contribution in [0.15, 0.2) is 29.6 Å². The number of nitrogens with two attached hydrogens (primary N) is 1. The second-order valence-corrected chi connectivity index (χ2v) is 6.52. The molecule has 1 amide bonds. The van der Waals surface area contributed by atoms with Crippen LogP contribution in [0, 0.1) is 0 Å². The monoisotopic (exact) mass is 331 g/mol. The first kappa shape index (κ1) is 16.0. The Labute approximate surface area is 140 Å². The first-order chi connectivity index (χ1) is 11.2. The van der Waals surface area contributed by atoms with Gasteiger partial charge in [0.1, 0.15) is 10.8 Å². The first-order valence-electron chi connectivity index (χ1n) is 7.86. The van der Waals surface area contributed by atoms with Crippen LogP contribution in [0.5, 0.6) is 5.75 Å². The SMILES string of the molecule is CCOc1ccc(-c2nc(CC(=O)N3CC[C@@H](N)C3)cs2)cc1. The lowest BCUT2D eigenvalue weighted by atomic mass is 10.2. The van der Waals surface area contributed by atoms with Gasteiger partial charge in [0.2, 0.25) is 5.91 Å². The molecule has 1 aromatic carbocycles. The molecule has 2 N–H and O–H groups in total. The molecule has 0 radical (unpaired) electrons. The van der Waals surface area contributed by atoms with Gasteiger partial charge in [-0.15, -0.1) is 11.3 Å². The molecular formula is C17H21N3O2S. The standard InChI is InChI=1S/C17H21N3O2S/c1-2-22-15-5-3-12(4-6-15)17-19-14(11-23-17)9-16(21)20-8-7-13(18)10-20/h3-6,11,13H,2,7-10,18H2,1H3/t13-/m1/s1. The number of carbonyl (C=O) groups excluding carboxylic acids is 1. The average Bonchev–Trinajstić information content (AvgIpc) is 3.18. The number of nitrogens with zero attached hydrogens (tertiary/aromatic N) is 2. The number of aromatic nitrogens is 1. The maximum atomic E-state index is 12.2. The number of ether oxygens (including phenoxy) is 1. The predicted octanol–water partition coefficient (Wildman–Crippen LogP) is 2.31. The van der Waals surface area contributed by atoms with Crippen molar-refractivity contribution in [2.24, 2.45) is 5.73 Å². The fraction of sp³-hybridized carbons (Fsp3) is 0.412.